The molecule has 4 rings (SSSR count). The van der Waals surface area contributed by atoms with Crippen LogP contribution in [0, 0.1) is 19.7 Å². The summed E-state index contributed by atoms with van der Waals surface area (Å²) in [5.74, 6) is 0.0360. The van der Waals surface area contributed by atoms with Crippen molar-refractivity contribution in [3.05, 3.63) is 66.0 Å². The summed E-state index contributed by atoms with van der Waals surface area (Å²) < 4.78 is 15.1. The van der Waals surface area contributed by atoms with Gasteiger partial charge in [-0.25, -0.2) is 14.4 Å². The number of nitrogens with zero attached hydrogens (tertiary/aromatic N) is 4. The van der Waals surface area contributed by atoms with E-state index in [4.69, 9.17) is 5.73 Å². The standard InChI is InChI=1S/C19H16FN5/c1-11-9-14(10-12(2)23-11)16-17(13-3-5-15(20)6-4-13)24-19(21)25-8-7-22-18(16)25/h3-10H,1-2H3,(H2,21,24). The molecule has 3 heterocycles. The van der Waals surface area contributed by atoms with Crippen molar-refractivity contribution in [3.63, 3.8) is 0 Å². The first-order valence-corrected chi connectivity index (χ1v) is 7.87. The summed E-state index contributed by atoms with van der Waals surface area (Å²) in [5.41, 5.74) is 11.9. The first-order valence-electron chi connectivity index (χ1n) is 7.87. The number of aryl methyl sites for hydroxylation is 2. The number of hydrogen-bond donors (Lipinski definition) is 1. The third-order valence-electron chi connectivity index (χ3n) is 4.06. The first kappa shape index (κ1) is 15.3. The molecule has 5 nitrogen and oxygen atoms in total. The molecule has 0 saturated carbocycles. The maximum absolute atomic E-state index is 13.3. The van der Waals surface area contributed by atoms with Crippen LogP contribution in [0.3, 0.4) is 0 Å². The molecular formula is C19H16FN5. The van der Waals surface area contributed by atoms with Gasteiger partial charge in [0.15, 0.2) is 0 Å². The van der Waals surface area contributed by atoms with Gasteiger partial charge >= 0.3 is 0 Å². The van der Waals surface area contributed by atoms with E-state index in [0.29, 0.717) is 17.3 Å². The Balaban J connectivity index is 2.10. The van der Waals surface area contributed by atoms with Gasteiger partial charge in [-0.2, -0.15) is 0 Å². The SMILES string of the molecule is Cc1cc(-c2c(-c3ccc(F)cc3)nc(N)n3ccnc23)cc(C)n1. The molecule has 0 amide bonds. The lowest BCUT2D eigenvalue weighted by Crippen LogP contribution is -2.04. The van der Waals surface area contributed by atoms with Crippen LogP contribution in [0.5, 0.6) is 0 Å². The van der Waals surface area contributed by atoms with E-state index in [1.807, 2.05) is 26.0 Å². The Hall–Kier alpha value is -3.28. The second-order valence-electron chi connectivity index (χ2n) is 5.96. The van der Waals surface area contributed by atoms with Crippen molar-refractivity contribution in [1.82, 2.24) is 19.4 Å². The van der Waals surface area contributed by atoms with Crippen molar-refractivity contribution in [2.75, 3.05) is 5.73 Å². The number of anilines is 1. The van der Waals surface area contributed by atoms with E-state index in [1.165, 1.54) is 12.1 Å². The van der Waals surface area contributed by atoms with Gasteiger partial charge in [0, 0.05) is 29.3 Å². The van der Waals surface area contributed by atoms with Gasteiger partial charge in [-0.1, -0.05) is 0 Å². The molecule has 0 unspecified atom stereocenters. The fourth-order valence-electron chi connectivity index (χ4n) is 3.06. The molecule has 0 atom stereocenters. The lowest BCUT2D eigenvalue weighted by molar-refractivity contribution is 0.628. The normalized spacial score (nSPS) is 11.2. The second-order valence-corrected chi connectivity index (χ2v) is 5.96. The third kappa shape index (κ3) is 2.61. The summed E-state index contributed by atoms with van der Waals surface area (Å²) in [4.78, 5) is 13.5. The fourth-order valence-corrected chi connectivity index (χ4v) is 3.06. The highest BCUT2D eigenvalue weighted by Gasteiger charge is 2.18. The number of fused-ring (bicyclic) bond motifs is 1. The molecule has 25 heavy (non-hydrogen) atoms. The van der Waals surface area contributed by atoms with Crippen LogP contribution in [0.15, 0.2) is 48.8 Å². The molecule has 0 bridgehead atoms. The molecule has 1 aromatic carbocycles. The minimum absolute atomic E-state index is 0.296. The molecule has 0 fully saturated rings. The molecule has 2 N–H and O–H groups in total. The van der Waals surface area contributed by atoms with Crippen LogP contribution in [0.1, 0.15) is 11.4 Å². The van der Waals surface area contributed by atoms with E-state index in [2.05, 4.69) is 15.0 Å². The summed E-state index contributed by atoms with van der Waals surface area (Å²) in [6.07, 6.45) is 3.46. The maximum Gasteiger partial charge on any atom is 0.206 e. The third-order valence-corrected chi connectivity index (χ3v) is 4.06. The average Bonchev–Trinajstić information content (AvgIpc) is 3.04. The molecule has 0 aliphatic carbocycles. The van der Waals surface area contributed by atoms with Gasteiger partial charge in [-0.15, -0.1) is 0 Å². The van der Waals surface area contributed by atoms with Crippen LogP contribution in [-0.4, -0.2) is 19.4 Å². The molecule has 0 aliphatic heterocycles. The number of hydrogen-bond acceptors (Lipinski definition) is 4. The number of pyridine rings is 1. The van der Waals surface area contributed by atoms with E-state index in [9.17, 15) is 4.39 Å². The topological polar surface area (TPSA) is 69.1 Å². The Labute approximate surface area is 144 Å². The monoisotopic (exact) mass is 333 g/mol. The van der Waals surface area contributed by atoms with Crippen LogP contribution in [0.2, 0.25) is 0 Å². The summed E-state index contributed by atoms with van der Waals surface area (Å²) in [6.45, 7) is 3.89. The van der Waals surface area contributed by atoms with Crippen LogP contribution >= 0.6 is 0 Å². The van der Waals surface area contributed by atoms with E-state index in [-0.39, 0.29) is 5.82 Å². The highest BCUT2D eigenvalue weighted by molar-refractivity contribution is 5.91. The lowest BCUT2D eigenvalue weighted by atomic mass is 9.99. The minimum Gasteiger partial charge on any atom is -0.369 e. The number of rotatable bonds is 2. The van der Waals surface area contributed by atoms with Crippen molar-refractivity contribution in [2.24, 2.45) is 0 Å². The van der Waals surface area contributed by atoms with Gasteiger partial charge < -0.3 is 5.73 Å². The fraction of sp³-hybridized carbons (Fsp3) is 0.105. The minimum atomic E-state index is -0.296. The highest BCUT2D eigenvalue weighted by Crippen LogP contribution is 2.35. The Bertz CT molecular complexity index is 1060. The molecule has 0 radical (unpaired) electrons. The summed E-state index contributed by atoms with van der Waals surface area (Å²) in [6, 6.07) is 10.2. The van der Waals surface area contributed by atoms with Gasteiger partial charge in [0.25, 0.3) is 0 Å². The summed E-state index contributed by atoms with van der Waals surface area (Å²) in [5, 5.41) is 0. The van der Waals surface area contributed by atoms with Crippen molar-refractivity contribution < 1.29 is 4.39 Å². The van der Waals surface area contributed by atoms with Crippen molar-refractivity contribution in [3.8, 4) is 22.4 Å². The van der Waals surface area contributed by atoms with Crippen LogP contribution in [0.25, 0.3) is 28.0 Å². The zero-order chi connectivity index (χ0) is 17.6. The molecule has 6 heteroatoms. The highest BCUT2D eigenvalue weighted by atomic mass is 19.1. The van der Waals surface area contributed by atoms with Crippen LogP contribution < -0.4 is 5.73 Å². The van der Waals surface area contributed by atoms with Gasteiger partial charge in [0.2, 0.25) is 5.95 Å². The Morgan fingerprint density at radius 3 is 2.32 bits per heavy atom. The smallest absolute Gasteiger partial charge is 0.206 e. The van der Waals surface area contributed by atoms with Gasteiger partial charge in [0.1, 0.15) is 11.5 Å². The van der Waals surface area contributed by atoms with Crippen LogP contribution in [-0.2, 0) is 0 Å². The quantitative estimate of drug-likeness (QED) is 0.606. The number of imidazole rings is 1. The van der Waals surface area contributed by atoms with Gasteiger partial charge in [-0.05, 0) is 55.8 Å². The Morgan fingerprint density at radius 1 is 0.960 bits per heavy atom. The lowest BCUT2D eigenvalue weighted by Gasteiger charge is -2.14. The van der Waals surface area contributed by atoms with Gasteiger partial charge in [-0.3, -0.25) is 9.38 Å². The van der Waals surface area contributed by atoms with E-state index >= 15 is 0 Å². The number of nitrogen functional groups attached to an aromatic ring is 1. The predicted octanol–water partition coefficient (Wildman–Crippen LogP) is 3.80. The van der Waals surface area contributed by atoms with E-state index in [0.717, 1.165) is 28.1 Å². The molecular weight excluding hydrogens is 317 g/mol. The molecule has 4 aromatic rings. The van der Waals surface area contributed by atoms with Crippen molar-refractivity contribution in [2.45, 2.75) is 13.8 Å². The summed E-state index contributed by atoms with van der Waals surface area (Å²) >= 11 is 0. The predicted molar refractivity (Wildman–Crippen MR) is 95.5 cm³/mol. The zero-order valence-corrected chi connectivity index (χ0v) is 13.9. The molecule has 0 saturated heterocycles. The molecule has 124 valence electrons. The number of halogens is 1. The van der Waals surface area contributed by atoms with E-state index < -0.39 is 0 Å². The Kier molecular flexibility index (Phi) is 3.46. The molecule has 0 spiro atoms. The molecule has 3 aromatic heterocycles. The zero-order valence-electron chi connectivity index (χ0n) is 13.9. The number of benzene rings is 1. The van der Waals surface area contributed by atoms with Crippen molar-refractivity contribution in [1.29, 1.82) is 0 Å². The van der Waals surface area contributed by atoms with Crippen LogP contribution in [0.4, 0.5) is 10.3 Å². The number of aromatic nitrogens is 4. The maximum atomic E-state index is 13.3. The Morgan fingerprint density at radius 2 is 1.64 bits per heavy atom. The van der Waals surface area contributed by atoms with Gasteiger partial charge in [0.05, 0.1) is 11.3 Å². The average molecular weight is 333 g/mol. The summed E-state index contributed by atoms with van der Waals surface area (Å²) in [7, 11) is 0. The first-order chi connectivity index (χ1) is 12.0. The van der Waals surface area contributed by atoms with Crippen molar-refractivity contribution >= 4 is 11.6 Å². The van der Waals surface area contributed by atoms with E-state index in [1.54, 1.807) is 28.9 Å². The largest absolute Gasteiger partial charge is 0.369 e. The second kappa shape index (κ2) is 5.66. The number of nitrogens with two attached hydrogens (primary N) is 1. The molecule has 0 aliphatic rings.